The Morgan fingerprint density at radius 2 is 1.38 bits per heavy atom. The van der Waals surface area contributed by atoms with Gasteiger partial charge in [0.25, 0.3) is 0 Å². The molecule has 0 radical (unpaired) electrons. The van der Waals surface area contributed by atoms with E-state index in [4.69, 9.17) is 9.47 Å². The molecule has 9 heteroatoms. The van der Waals surface area contributed by atoms with Gasteiger partial charge in [-0.3, -0.25) is 9.59 Å². The maximum absolute atomic E-state index is 14.5. The third-order valence-electron chi connectivity index (χ3n) is 6.95. The molecule has 2 aromatic rings. The Kier molecular flexibility index (Phi) is 12.8. The van der Waals surface area contributed by atoms with Crippen LogP contribution in [-0.4, -0.2) is 58.1 Å². The lowest BCUT2D eigenvalue weighted by Gasteiger charge is -2.39. The highest BCUT2D eigenvalue weighted by atomic mass is 16.6. The Hall–Kier alpha value is -3.88. The van der Waals surface area contributed by atoms with E-state index < -0.39 is 59.2 Å². The molecule has 2 rings (SSSR count). The average molecular weight is 624 g/mol. The van der Waals surface area contributed by atoms with Gasteiger partial charge in [-0.15, -0.1) is 0 Å². The third-order valence-corrected chi connectivity index (χ3v) is 6.95. The fourth-order valence-corrected chi connectivity index (χ4v) is 5.01. The molecule has 0 aromatic heterocycles. The summed E-state index contributed by atoms with van der Waals surface area (Å²) in [5.41, 5.74) is 1.73. The Morgan fingerprint density at radius 3 is 1.87 bits per heavy atom. The van der Waals surface area contributed by atoms with E-state index >= 15 is 0 Å². The van der Waals surface area contributed by atoms with Crippen LogP contribution in [0.25, 0.3) is 0 Å². The van der Waals surface area contributed by atoms with Crippen LogP contribution < -0.4 is 10.6 Å². The predicted octanol–water partition coefficient (Wildman–Crippen LogP) is 6.20. The van der Waals surface area contributed by atoms with Gasteiger partial charge in [0.2, 0.25) is 11.8 Å². The zero-order valence-electron chi connectivity index (χ0n) is 29.1. The summed E-state index contributed by atoms with van der Waals surface area (Å²) in [6.07, 6.45) is -0.524. The van der Waals surface area contributed by atoms with Crippen molar-refractivity contribution in [2.45, 2.75) is 125 Å². The first-order valence-electron chi connectivity index (χ1n) is 15.7. The minimum atomic E-state index is -1.11. The molecule has 2 N–H and O–H groups in total. The Bertz CT molecular complexity index is 1320. The SMILES string of the molecule is Cc1ccc(C(C(=O)NC(Cc2ccccc2)C(=O)OC(C)(C)C)N(C(=O)C(NC(=O)OC(C)(C)C)C(C)C)C(C)C)c(C)c1. The number of rotatable bonds is 11. The van der Waals surface area contributed by atoms with Crippen LogP contribution in [0.1, 0.15) is 97.5 Å². The molecule has 0 aliphatic heterocycles. The molecule has 0 aliphatic carbocycles. The van der Waals surface area contributed by atoms with Crippen LogP contribution in [-0.2, 0) is 30.3 Å². The summed E-state index contributed by atoms with van der Waals surface area (Å²) < 4.78 is 11.2. The molecule has 9 nitrogen and oxygen atoms in total. The largest absolute Gasteiger partial charge is 0.458 e. The van der Waals surface area contributed by atoms with Crippen LogP contribution in [0.2, 0.25) is 0 Å². The number of hydrogen-bond donors (Lipinski definition) is 2. The zero-order valence-corrected chi connectivity index (χ0v) is 29.1. The topological polar surface area (TPSA) is 114 Å². The molecule has 0 saturated heterocycles. The van der Waals surface area contributed by atoms with Crippen molar-refractivity contribution in [3.05, 3.63) is 70.8 Å². The summed E-state index contributed by atoms with van der Waals surface area (Å²) in [5.74, 6) is -1.87. The van der Waals surface area contributed by atoms with Crippen LogP contribution in [0, 0.1) is 19.8 Å². The van der Waals surface area contributed by atoms with E-state index in [9.17, 15) is 19.2 Å². The van der Waals surface area contributed by atoms with Gasteiger partial charge in [0.05, 0.1) is 0 Å². The van der Waals surface area contributed by atoms with Crippen molar-refractivity contribution in [1.82, 2.24) is 15.5 Å². The van der Waals surface area contributed by atoms with Crippen LogP contribution >= 0.6 is 0 Å². The fourth-order valence-electron chi connectivity index (χ4n) is 5.01. The zero-order chi connectivity index (χ0) is 34.3. The molecular weight excluding hydrogens is 570 g/mol. The Labute approximate surface area is 269 Å². The lowest BCUT2D eigenvalue weighted by molar-refractivity contribution is -0.159. The lowest BCUT2D eigenvalue weighted by atomic mass is 9.93. The van der Waals surface area contributed by atoms with Crippen LogP contribution in [0.3, 0.4) is 0 Å². The van der Waals surface area contributed by atoms with Crippen molar-refractivity contribution < 1.29 is 28.7 Å². The fraction of sp³-hybridized carbons (Fsp3) is 0.556. The predicted molar refractivity (Wildman–Crippen MR) is 177 cm³/mol. The van der Waals surface area contributed by atoms with Gasteiger partial charge >= 0.3 is 12.1 Å². The molecule has 0 fully saturated rings. The number of hydrogen-bond acceptors (Lipinski definition) is 6. The number of carbonyl (C=O) groups is 4. The normalized spacial score (nSPS) is 13.9. The maximum Gasteiger partial charge on any atom is 0.408 e. The maximum atomic E-state index is 14.5. The number of benzene rings is 2. The molecule has 0 spiro atoms. The number of alkyl carbamates (subject to hydrolysis) is 1. The molecule has 3 atom stereocenters. The molecule has 3 unspecified atom stereocenters. The molecule has 2 aromatic carbocycles. The number of esters is 1. The van der Waals surface area contributed by atoms with Crippen molar-refractivity contribution in [2.75, 3.05) is 0 Å². The van der Waals surface area contributed by atoms with Gasteiger partial charge in [-0.1, -0.05) is 67.9 Å². The van der Waals surface area contributed by atoms with Crippen LogP contribution in [0.4, 0.5) is 4.79 Å². The summed E-state index contributed by atoms with van der Waals surface area (Å²) in [5, 5.41) is 5.68. The van der Waals surface area contributed by atoms with E-state index in [1.165, 1.54) is 4.90 Å². The molecular formula is C36H53N3O6. The first kappa shape index (κ1) is 37.3. The summed E-state index contributed by atoms with van der Waals surface area (Å²) in [6, 6.07) is 11.5. The van der Waals surface area contributed by atoms with E-state index in [0.29, 0.717) is 5.56 Å². The standard InChI is InChI=1S/C36H53N3O6/c1-22(2)29(38-34(43)45-36(10,11)12)32(41)39(23(3)4)30(27-19-18-24(5)20-25(27)6)31(40)37-28(33(42)44-35(7,8)9)21-26-16-14-13-15-17-26/h13-20,22-23,28-30H,21H2,1-12H3,(H,37,40)(H,38,43). The third kappa shape index (κ3) is 11.5. The second-order valence-electron chi connectivity index (χ2n) is 14.3. The minimum Gasteiger partial charge on any atom is -0.458 e. The van der Waals surface area contributed by atoms with E-state index in [2.05, 4.69) is 10.6 Å². The smallest absolute Gasteiger partial charge is 0.408 e. The van der Waals surface area contributed by atoms with Gasteiger partial charge in [0.1, 0.15) is 29.3 Å². The minimum absolute atomic E-state index is 0.200. The van der Waals surface area contributed by atoms with E-state index in [1.807, 2.05) is 90.1 Å². The molecule has 248 valence electrons. The van der Waals surface area contributed by atoms with E-state index in [0.717, 1.165) is 16.7 Å². The van der Waals surface area contributed by atoms with Gasteiger partial charge in [0, 0.05) is 12.5 Å². The molecule has 0 saturated carbocycles. The average Bonchev–Trinajstić information content (AvgIpc) is 2.88. The second-order valence-corrected chi connectivity index (χ2v) is 14.3. The van der Waals surface area contributed by atoms with Gasteiger partial charge in [-0.05, 0) is 91.8 Å². The molecule has 3 amide bonds. The summed E-state index contributed by atoms with van der Waals surface area (Å²) >= 11 is 0. The van der Waals surface area contributed by atoms with Gasteiger partial charge in [0.15, 0.2) is 0 Å². The van der Waals surface area contributed by atoms with Crippen molar-refractivity contribution in [1.29, 1.82) is 0 Å². The molecule has 0 bridgehead atoms. The summed E-state index contributed by atoms with van der Waals surface area (Å²) in [6.45, 7) is 21.7. The molecule has 0 heterocycles. The van der Waals surface area contributed by atoms with Crippen molar-refractivity contribution >= 4 is 23.9 Å². The van der Waals surface area contributed by atoms with Crippen LogP contribution in [0.15, 0.2) is 48.5 Å². The highest BCUT2D eigenvalue weighted by Crippen LogP contribution is 2.29. The van der Waals surface area contributed by atoms with Gasteiger partial charge < -0.3 is 25.0 Å². The van der Waals surface area contributed by atoms with E-state index in [-0.39, 0.29) is 12.3 Å². The highest BCUT2D eigenvalue weighted by molar-refractivity contribution is 5.94. The van der Waals surface area contributed by atoms with Crippen molar-refractivity contribution in [3.63, 3.8) is 0 Å². The quantitative estimate of drug-likeness (QED) is 0.288. The highest BCUT2D eigenvalue weighted by Gasteiger charge is 2.41. The Morgan fingerprint density at radius 1 is 0.800 bits per heavy atom. The summed E-state index contributed by atoms with van der Waals surface area (Å²) in [7, 11) is 0. The summed E-state index contributed by atoms with van der Waals surface area (Å²) in [4.78, 5) is 56.6. The second kappa shape index (κ2) is 15.4. The van der Waals surface area contributed by atoms with Crippen LogP contribution in [0.5, 0.6) is 0 Å². The van der Waals surface area contributed by atoms with Crippen molar-refractivity contribution in [2.24, 2.45) is 5.92 Å². The number of carbonyl (C=O) groups excluding carboxylic acids is 4. The van der Waals surface area contributed by atoms with Gasteiger partial charge in [-0.25, -0.2) is 9.59 Å². The van der Waals surface area contributed by atoms with E-state index in [1.54, 1.807) is 41.5 Å². The lowest BCUT2D eigenvalue weighted by Crippen LogP contribution is -2.58. The number of aryl methyl sites for hydroxylation is 2. The first-order valence-corrected chi connectivity index (χ1v) is 15.7. The van der Waals surface area contributed by atoms with Crippen molar-refractivity contribution in [3.8, 4) is 0 Å². The number of amides is 3. The number of nitrogens with zero attached hydrogens (tertiary/aromatic N) is 1. The first-order chi connectivity index (χ1) is 20.7. The number of nitrogens with one attached hydrogen (secondary N) is 2. The molecule has 0 aliphatic rings. The van der Waals surface area contributed by atoms with Gasteiger partial charge in [-0.2, -0.15) is 0 Å². The monoisotopic (exact) mass is 623 g/mol. The molecule has 45 heavy (non-hydrogen) atoms. The Balaban J connectivity index is 2.63. The number of ether oxygens (including phenoxy) is 2.